The van der Waals surface area contributed by atoms with E-state index in [0.29, 0.717) is 0 Å². The second kappa shape index (κ2) is 6.92. The molecule has 0 aliphatic carbocycles. The van der Waals surface area contributed by atoms with Crippen molar-refractivity contribution in [2.45, 2.75) is 0 Å². The summed E-state index contributed by atoms with van der Waals surface area (Å²) in [6.07, 6.45) is 0. The highest BCUT2D eigenvalue weighted by atomic mass is 79.9. The first kappa shape index (κ1) is 17.2. The first-order chi connectivity index (χ1) is 8.82. The maximum atomic E-state index is 3.64. The predicted molar refractivity (Wildman–Crippen MR) is 106 cm³/mol. The third-order valence-electron chi connectivity index (χ3n) is 2.39. The number of benzene rings is 2. The summed E-state index contributed by atoms with van der Waals surface area (Å²) in [7, 11) is 0. The van der Waals surface area contributed by atoms with Crippen molar-refractivity contribution in [1.29, 1.82) is 0 Å². The lowest BCUT2D eigenvalue weighted by atomic mass is 10.1. The second-order valence-electron chi connectivity index (χ2n) is 3.60. The molecule has 0 heterocycles. The Bertz CT molecular complexity index is 641. The van der Waals surface area contributed by atoms with Crippen LogP contribution in [0.15, 0.2) is 49.5 Å². The van der Waals surface area contributed by atoms with E-state index in [1.807, 2.05) is 6.07 Å². The number of hydrogen-bond donors (Lipinski definition) is 0. The quantitative estimate of drug-likeness (QED) is 0.206. The number of hydrogen-bond acceptors (Lipinski definition) is 0. The highest BCUT2D eigenvalue weighted by Gasteiger charge is 2.16. The molecule has 0 aliphatic heterocycles. The molecule has 0 saturated heterocycles. The SMILES string of the molecule is Brc1cc(-c2c(Br)cc(Br)c(Br)c2Br)cc(Br)c1Br. The summed E-state index contributed by atoms with van der Waals surface area (Å²) in [6.45, 7) is 0. The number of halogens is 7. The highest BCUT2D eigenvalue weighted by molar-refractivity contribution is 9.15. The Kier molecular flexibility index (Phi) is 6.25. The van der Waals surface area contributed by atoms with Gasteiger partial charge in [0.15, 0.2) is 0 Å². The Morgan fingerprint density at radius 1 is 0.474 bits per heavy atom. The zero-order valence-electron chi connectivity index (χ0n) is 8.88. The van der Waals surface area contributed by atoms with Gasteiger partial charge in [-0.15, -0.1) is 0 Å². The molecule has 0 atom stereocenters. The van der Waals surface area contributed by atoms with E-state index in [9.17, 15) is 0 Å². The smallest absolute Gasteiger partial charge is 0.0466 e. The summed E-state index contributed by atoms with van der Waals surface area (Å²) in [4.78, 5) is 0. The molecule has 0 unspecified atom stereocenters. The molecular weight excluding hydrogens is 703 g/mol. The summed E-state index contributed by atoms with van der Waals surface area (Å²) in [5.41, 5.74) is 2.18. The second-order valence-corrected chi connectivity index (χ2v) is 9.39. The van der Waals surface area contributed by atoms with Gasteiger partial charge in [0.1, 0.15) is 0 Å². The summed E-state index contributed by atoms with van der Waals surface area (Å²) in [6, 6.07) is 6.16. The first-order valence-electron chi connectivity index (χ1n) is 4.80. The van der Waals surface area contributed by atoms with Crippen LogP contribution in [0.1, 0.15) is 0 Å². The van der Waals surface area contributed by atoms with Gasteiger partial charge in [-0.25, -0.2) is 0 Å². The molecule has 0 N–H and O–H groups in total. The summed E-state index contributed by atoms with van der Waals surface area (Å²) >= 11 is 24.9. The van der Waals surface area contributed by atoms with Crippen molar-refractivity contribution in [3.63, 3.8) is 0 Å². The summed E-state index contributed by atoms with van der Waals surface area (Å²) < 4.78 is 6.97. The monoisotopic (exact) mass is 699 g/mol. The molecule has 7 heteroatoms. The lowest BCUT2D eigenvalue weighted by Crippen LogP contribution is -1.87. The van der Waals surface area contributed by atoms with Crippen molar-refractivity contribution in [3.8, 4) is 11.1 Å². The first-order valence-corrected chi connectivity index (χ1v) is 10.4. The van der Waals surface area contributed by atoms with Gasteiger partial charge in [-0.2, -0.15) is 0 Å². The largest absolute Gasteiger partial charge is 0.0501 e. The van der Waals surface area contributed by atoms with E-state index in [2.05, 4.69) is 124 Å². The topological polar surface area (TPSA) is 0 Å². The van der Waals surface area contributed by atoms with Crippen molar-refractivity contribution in [2.24, 2.45) is 0 Å². The molecule has 2 aromatic rings. The molecule has 19 heavy (non-hydrogen) atoms. The minimum atomic E-state index is 0.987. The van der Waals surface area contributed by atoms with Gasteiger partial charge in [0.25, 0.3) is 0 Å². The fourth-order valence-corrected chi connectivity index (χ4v) is 5.84. The molecule has 0 saturated carbocycles. The molecule has 2 rings (SSSR count). The van der Waals surface area contributed by atoms with Crippen molar-refractivity contribution < 1.29 is 0 Å². The van der Waals surface area contributed by atoms with E-state index in [-0.39, 0.29) is 0 Å². The number of rotatable bonds is 1. The van der Waals surface area contributed by atoms with Crippen LogP contribution in [-0.4, -0.2) is 0 Å². The van der Waals surface area contributed by atoms with Crippen LogP contribution in [0.2, 0.25) is 0 Å². The lowest BCUT2D eigenvalue weighted by molar-refractivity contribution is 1.45. The molecule has 100 valence electrons. The van der Waals surface area contributed by atoms with E-state index >= 15 is 0 Å². The third-order valence-corrected chi connectivity index (χ3v) is 9.49. The molecule has 0 spiro atoms. The van der Waals surface area contributed by atoms with E-state index in [1.54, 1.807) is 0 Å². The van der Waals surface area contributed by atoms with Gasteiger partial charge in [0.2, 0.25) is 0 Å². The van der Waals surface area contributed by atoms with Crippen LogP contribution in [0.25, 0.3) is 11.1 Å². The molecule has 0 nitrogen and oxygen atoms in total. The van der Waals surface area contributed by atoms with Crippen LogP contribution in [0, 0.1) is 0 Å². The zero-order chi connectivity index (χ0) is 14.3. The van der Waals surface area contributed by atoms with Crippen molar-refractivity contribution in [3.05, 3.63) is 49.5 Å². The highest BCUT2D eigenvalue weighted by Crippen LogP contribution is 2.45. The summed E-state index contributed by atoms with van der Waals surface area (Å²) in [5, 5.41) is 0. The van der Waals surface area contributed by atoms with E-state index in [0.717, 1.165) is 42.4 Å². The normalized spacial score (nSPS) is 10.9. The molecule has 0 aliphatic rings. The molecule has 0 bridgehead atoms. The molecule has 0 amide bonds. The lowest BCUT2D eigenvalue weighted by Gasteiger charge is -2.13. The fourth-order valence-electron chi connectivity index (χ4n) is 1.53. The van der Waals surface area contributed by atoms with Crippen LogP contribution in [-0.2, 0) is 0 Å². The minimum absolute atomic E-state index is 0.987. The average molecular weight is 706 g/mol. The van der Waals surface area contributed by atoms with Crippen LogP contribution < -0.4 is 0 Å². The zero-order valence-corrected chi connectivity index (χ0v) is 20.0. The maximum Gasteiger partial charge on any atom is 0.0466 e. The minimum Gasteiger partial charge on any atom is -0.0501 e. The van der Waals surface area contributed by atoms with Gasteiger partial charge < -0.3 is 0 Å². The van der Waals surface area contributed by atoms with Crippen LogP contribution in [0.5, 0.6) is 0 Å². The van der Waals surface area contributed by atoms with Crippen molar-refractivity contribution in [1.82, 2.24) is 0 Å². The van der Waals surface area contributed by atoms with Crippen molar-refractivity contribution >= 4 is 112 Å². The molecule has 2 aromatic carbocycles. The van der Waals surface area contributed by atoms with Crippen LogP contribution in [0.3, 0.4) is 0 Å². The molecule has 0 aromatic heterocycles. The van der Waals surface area contributed by atoms with Crippen LogP contribution in [0.4, 0.5) is 0 Å². The standard InChI is InChI=1S/C12H3Br7/c13-5-3-8(16)11(18)12(19)9(5)4-1-6(14)10(17)7(15)2-4/h1-3H. The van der Waals surface area contributed by atoms with E-state index in [1.165, 1.54) is 0 Å². The Labute approximate surface area is 170 Å². The fraction of sp³-hybridized carbons (Fsp3) is 0. The van der Waals surface area contributed by atoms with E-state index in [4.69, 9.17) is 0 Å². The molecular formula is C12H3Br7. The van der Waals surface area contributed by atoms with E-state index < -0.39 is 0 Å². The Hall–Kier alpha value is 1.80. The molecule has 0 radical (unpaired) electrons. The predicted octanol–water partition coefficient (Wildman–Crippen LogP) is 8.69. The van der Waals surface area contributed by atoms with Gasteiger partial charge in [0, 0.05) is 36.9 Å². The Morgan fingerprint density at radius 2 is 0.947 bits per heavy atom. The van der Waals surface area contributed by atoms with Gasteiger partial charge in [0.05, 0.1) is 0 Å². The maximum absolute atomic E-state index is 3.64. The van der Waals surface area contributed by atoms with Gasteiger partial charge >= 0.3 is 0 Å². The molecule has 0 fully saturated rings. The van der Waals surface area contributed by atoms with Gasteiger partial charge in [-0.3, -0.25) is 0 Å². The summed E-state index contributed by atoms with van der Waals surface area (Å²) in [5.74, 6) is 0. The van der Waals surface area contributed by atoms with Gasteiger partial charge in [-0.1, -0.05) is 15.9 Å². The Morgan fingerprint density at radius 3 is 1.47 bits per heavy atom. The van der Waals surface area contributed by atoms with Crippen molar-refractivity contribution in [2.75, 3.05) is 0 Å². The average Bonchev–Trinajstić information content (AvgIpc) is 2.33. The van der Waals surface area contributed by atoms with Crippen LogP contribution >= 0.6 is 112 Å². The Balaban J connectivity index is 2.76. The van der Waals surface area contributed by atoms with Gasteiger partial charge in [-0.05, 0) is 119 Å². The third kappa shape index (κ3) is 3.59.